The molecule has 0 N–H and O–H groups in total. The second kappa shape index (κ2) is 7.33. The summed E-state index contributed by atoms with van der Waals surface area (Å²) in [4.78, 5) is 10.4. The summed E-state index contributed by atoms with van der Waals surface area (Å²) in [7, 11) is 0. The summed E-state index contributed by atoms with van der Waals surface area (Å²) in [5.74, 6) is 1.02. The van der Waals surface area contributed by atoms with Crippen LogP contribution in [-0.2, 0) is 4.79 Å². The van der Waals surface area contributed by atoms with Crippen molar-refractivity contribution >= 4 is 6.29 Å². The Balaban J connectivity index is 3.58. The van der Waals surface area contributed by atoms with Crippen LogP contribution in [0.5, 0.6) is 0 Å². The Morgan fingerprint density at radius 1 is 1.33 bits per heavy atom. The van der Waals surface area contributed by atoms with E-state index < -0.39 is 0 Å². The Kier molecular flexibility index (Phi) is 7.12. The molecule has 0 fully saturated rings. The van der Waals surface area contributed by atoms with Crippen LogP contribution in [0, 0.1) is 11.8 Å². The van der Waals surface area contributed by atoms with E-state index in [0.29, 0.717) is 0 Å². The van der Waals surface area contributed by atoms with Crippen molar-refractivity contribution in [3.8, 4) is 0 Å². The second-order valence-corrected chi connectivity index (χ2v) is 3.77. The maximum atomic E-state index is 10.4. The van der Waals surface area contributed by atoms with Crippen molar-refractivity contribution in [2.75, 3.05) is 0 Å². The van der Waals surface area contributed by atoms with Crippen molar-refractivity contribution in [3.63, 3.8) is 0 Å². The summed E-state index contributed by atoms with van der Waals surface area (Å²) in [6.45, 7) is 6.45. The van der Waals surface area contributed by atoms with Crippen LogP contribution in [0.25, 0.3) is 0 Å². The predicted octanol–water partition coefficient (Wildman–Crippen LogP) is 3.43. The Labute approximate surface area is 76.6 Å². The fraction of sp³-hybridized carbons (Fsp3) is 0.909. The first-order chi connectivity index (χ1) is 5.74. The molecule has 0 bridgehead atoms. The molecule has 0 radical (unpaired) electrons. The zero-order valence-corrected chi connectivity index (χ0v) is 8.68. The first-order valence-electron chi connectivity index (χ1n) is 5.19. The van der Waals surface area contributed by atoms with Crippen LogP contribution >= 0.6 is 0 Å². The minimum Gasteiger partial charge on any atom is -0.303 e. The summed E-state index contributed by atoms with van der Waals surface area (Å²) in [6.07, 6.45) is 7.26. The minimum atomic E-state index is 0.256. The van der Waals surface area contributed by atoms with Crippen LogP contribution in [0.3, 0.4) is 0 Å². The van der Waals surface area contributed by atoms with E-state index in [1.54, 1.807) is 0 Å². The molecule has 0 spiro atoms. The molecule has 2 atom stereocenters. The van der Waals surface area contributed by atoms with Gasteiger partial charge in [0.2, 0.25) is 0 Å². The van der Waals surface area contributed by atoms with Crippen LogP contribution in [0.1, 0.15) is 52.9 Å². The molecular formula is C11H22O. The summed E-state index contributed by atoms with van der Waals surface area (Å²) < 4.78 is 0. The molecule has 0 aromatic heterocycles. The van der Waals surface area contributed by atoms with Crippen LogP contribution in [0.4, 0.5) is 0 Å². The molecule has 0 saturated heterocycles. The van der Waals surface area contributed by atoms with Gasteiger partial charge in [-0.25, -0.2) is 0 Å². The van der Waals surface area contributed by atoms with Gasteiger partial charge >= 0.3 is 0 Å². The van der Waals surface area contributed by atoms with Crippen molar-refractivity contribution in [1.82, 2.24) is 0 Å². The second-order valence-electron chi connectivity index (χ2n) is 3.77. The third kappa shape index (κ3) is 5.34. The van der Waals surface area contributed by atoms with Gasteiger partial charge < -0.3 is 4.79 Å². The van der Waals surface area contributed by atoms with Gasteiger partial charge in [0.05, 0.1) is 0 Å². The Morgan fingerprint density at radius 3 is 2.42 bits per heavy atom. The van der Waals surface area contributed by atoms with E-state index in [1.165, 1.54) is 25.7 Å². The SMILES string of the molecule is CCCCC(CC)CC(C)C=O. The van der Waals surface area contributed by atoms with E-state index in [9.17, 15) is 4.79 Å². The predicted molar refractivity (Wildman–Crippen MR) is 53.2 cm³/mol. The van der Waals surface area contributed by atoms with Gasteiger partial charge in [-0.05, 0) is 12.3 Å². The lowest BCUT2D eigenvalue weighted by Crippen LogP contribution is -2.06. The molecule has 0 rings (SSSR count). The largest absolute Gasteiger partial charge is 0.303 e. The van der Waals surface area contributed by atoms with Gasteiger partial charge in [0.25, 0.3) is 0 Å². The van der Waals surface area contributed by atoms with Crippen LogP contribution in [-0.4, -0.2) is 6.29 Å². The lowest BCUT2D eigenvalue weighted by Gasteiger charge is -2.15. The van der Waals surface area contributed by atoms with E-state index in [0.717, 1.165) is 18.6 Å². The smallest absolute Gasteiger partial charge is 0.122 e. The van der Waals surface area contributed by atoms with E-state index in [1.807, 2.05) is 6.92 Å². The fourth-order valence-corrected chi connectivity index (χ4v) is 1.56. The number of carbonyl (C=O) groups is 1. The zero-order chi connectivity index (χ0) is 9.40. The summed E-state index contributed by atoms with van der Waals surface area (Å²) in [6, 6.07) is 0. The Morgan fingerprint density at radius 2 is 2.00 bits per heavy atom. The summed E-state index contributed by atoms with van der Waals surface area (Å²) in [5.41, 5.74) is 0. The number of hydrogen-bond acceptors (Lipinski definition) is 1. The lowest BCUT2D eigenvalue weighted by atomic mass is 9.90. The normalized spacial score (nSPS) is 15.6. The number of hydrogen-bond donors (Lipinski definition) is 0. The topological polar surface area (TPSA) is 17.1 Å². The Bertz CT molecular complexity index is 110. The fourth-order valence-electron chi connectivity index (χ4n) is 1.56. The molecule has 1 heteroatoms. The highest BCUT2D eigenvalue weighted by Crippen LogP contribution is 2.20. The maximum absolute atomic E-state index is 10.4. The third-order valence-electron chi connectivity index (χ3n) is 2.48. The molecule has 0 saturated carbocycles. The van der Waals surface area contributed by atoms with Gasteiger partial charge in [-0.1, -0.05) is 46.5 Å². The molecular weight excluding hydrogens is 148 g/mol. The van der Waals surface area contributed by atoms with Crippen LogP contribution in [0.2, 0.25) is 0 Å². The molecule has 0 aliphatic carbocycles. The van der Waals surface area contributed by atoms with Crippen LogP contribution < -0.4 is 0 Å². The number of aldehydes is 1. The molecule has 12 heavy (non-hydrogen) atoms. The first kappa shape index (κ1) is 11.7. The maximum Gasteiger partial charge on any atom is 0.122 e. The molecule has 0 aliphatic rings. The molecule has 0 heterocycles. The van der Waals surface area contributed by atoms with Gasteiger partial charge in [0.15, 0.2) is 0 Å². The van der Waals surface area contributed by atoms with E-state index in [2.05, 4.69) is 13.8 Å². The average Bonchev–Trinajstić information content (AvgIpc) is 2.11. The standard InChI is InChI=1S/C11H22O/c1-4-6-7-11(5-2)8-10(3)9-12/h9-11H,4-8H2,1-3H3. The molecule has 1 nitrogen and oxygen atoms in total. The average molecular weight is 170 g/mol. The van der Waals surface area contributed by atoms with Crippen LogP contribution in [0.15, 0.2) is 0 Å². The van der Waals surface area contributed by atoms with Gasteiger partial charge in [-0.15, -0.1) is 0 Å². The van der Waals surface area contributed by atoms with Gasteiger partial charge in [0, 0.05) is 5.92 Å². The van der Waals surface area contributed by atoms with Gasteiger partial charge in [-0.2, -0.15) is 0 Å². The molecule has 0 amide bonds. The number of carbonyl (C=O) groups excluding carboxylic acids is 1. The number of rotatable bonds is 7. The van der Waals surface area contributed by atoms with E-state index in [4.69, 9.17) is 0 Å². The van der Waals surface area contributed by atoms with Gasteiger partial charge in [-0.3, -0.25) is 0 Å². The van der Waals surface area contributed by atoms with Crippen molar-refractivity contribution in [3.05, 3.63) is 0 Å². The lowest BCUT2D eigenvalue weighted by molar-refractivity contribution is -0.111. The highest BCUT2D eigenvalue weighted by atomic mass is 16.1. The van der Waals surface area contributed by atoms with E-state index >= 15 is 0 Å². The first-order valence-corrected chi connectivity index (χ1v) is 5.19. The number of unbranched alkanes of at least 4 members (excludes halogenated alkanes) is 1. The Hall–Kier alpha value is -0.330. The summed E-state index contributed by atoms with van der Waals surface area (Å²) in [5, 5.41) is 0. The molecule has 2 unspecified atom stereocenters. The molecule has 0 aliphatic heterocycles. The molecule has 72 valence electrons. The highest BCUT2D eigenvalue weighted by molar-refractivity contribution is 5.52. The highest BCUT2D eigenvalue weighted by Gasteiger charge is 2.09. The van der Waals surface area contributed by atoms with Gasteiger partial charge in [0.1, 0.15) is 6.29 Å². The van der Waals surface area contributed by atoms with Crippen molar-refractivity contribution in [2.24, 2.45) is 11.8 Å². The third-order valence-corrected chi connectivity index (χ3v) is 2.48. The van der Waals surface area contributed by atoms with E-state index in [-0.39, 0.29) is 5.92 Å². The van der Waals surface area contributed by atoms with Crippen molar-refractivity contribution < 1.29 is 4.79 Å². The molecule has 0 aromatic carbocycles. The zero-order valence-electron chi connectivity index (χ0n) is 8.68. The quantitative estimate of drug-likeness (QED) is 0.535. The summed E-state index contributed by atoms with van der Waals surface area (Å²) >= 11 is 0. The minimum absolute atomic E-state index is 0.256. The van der Waals surface area contributed by atoms with Crippen molar-refractivity contribution in [2.45, 2.75) is 52.9 Å². The molecule has 0 aromatic rings. The monoisotopic (exact) mass is 170 g/mol. The van der Waals surface area contributed by atoms with Crippen molar-refractivity contribution in [1.29, 1.82) is 0 Å².